The predicted octanol–water partition coefficient (Wildman–Crippen LogP) is 4.08. The summed E-state index contributed by atoms with van der Waals surface area (Å²) in [6, 6.07) is 16.3. The lowest BCUT2D eigenvalue weighted by atomic mass is 10.0. The molecule has 0 radical (unpaired) electrons. The minimum Gasteiger partial charge on any atom is -0.497 e. The van der Waals surface area contributed by atoms with Crippen LogP contribution in [0.3, 0.4) is 0 Å². The van der Waals surface area contributed by atoms with Gasteiger partial charge in [0.15, 0.2) is 0 Å². The van der Waals surface area contributed by atoms with Gasteiger partial charge in [-0.25, -0.2) is 4.98 Å². The molecule has 2 aromatic carbocycles. The van der Waals surface area contributed by atoms with Crippen LogP contribution < -0.4 is 4.74 Å². The third-order valence-corrected chi connectivity index (χ3v) is 5.58. The van der Waals surface area contributed by atoms with Crippen LogP contribution in [0, 0.1) is 6.92 Å². The Balaban J connectivity index is 1.44. The summed E-state index contributed by atoms with van der Waals surface area (Å²) in [6.07, 6.45) is 2.48. The highest BCUT2D eigenvalue weighted by Gasteiger charge is 2.33. The molecule has 7 heteroatoms. The first kappa shape index (κ1) is 18.6. The zero-order valence-corrected chi connectivity index (χ0v) is 17.0. The van der Waals surface area contributed by atoms with Crippen LogP contribution in [0.1, 0.15) is 34.4 Å². The van der Waals surface area contributed by atoms with Gasteiger partial charge in [0.25, 0.3) is 0 Å². The van der Waals surface area contributed by atoms with E-state index in [2.05, 4.69) is 51.2 Å². The molecular weight excluding hydrogens is 378 g/mol. The molecule has 0 bridgehead atoms. The maximum atomic E-state index is 5.72. The second-order valence-electron chi connectivity index (χ2n) is 7.62. The van der Waals surface area contributed by atoms with Crippen molar-refractivity contribution >= 4 is 0 Å². The first-order valence-electron chi connectivity index (χ1n) is 9.98. The highest BCUT2D eigenvalue weighted by Crippen LogP contribution is 2.33. The molecule has 0 saturated carbocycles. The van der Waals surface area contributed by atoms with Crippen molar-refractivity contribution in [3.63, 3.8) is 0 Å². The lowest BCUT2D eigenvalue weighted by Crippen LogP contribution is -2.34. The van der Waals surface area contributed by atoms with Gasteiger partial charge in [0, 0.05) is 25.1 Å². The van der Waals surface area contributed by atoms with Crippen molar-refractivity contribution in [2.45, 2.75) is 32.5 Å². The number of methoxy groups -OCH3 is 1. The van der Waals surface area contributed by atoms with E-state index in [1.807, 2.05) is 24.3 Å². The van der Waals surface area contributed by atoms with Crippen LogP contribution in [0.15, 0.2) is 59.4 Å². The first-order valence-corrected chi connectivity index (χ1v) is 9.98. The Labute approximate surface area is 174 Å². The van der Waals surface area contributed by atoms with Crippen LogP contribution in [0.25, 0.3) is 11.4 Å². The molecule has 1 atom stereocenters. The van der Waals surface area contributed by atoms with Crippen LogP contribution >= 0.6 is 0 Å². The number of aromatic amines is 1. The fraction of sp³-hybridized carbons (Fsp3) is 0.261. The van der Waals surface area contributed by atoms with Gasteiger partial charge < -0.3 is 14.2 Å². The number of nitrogens with one attached hydrogen (secondary N) is 1. The summed E-state index contributed by atoms with van der Waals surface area (Å²) in [5, 5.41) is 4.24. The van der Waals surface area contributed by atoms with E-state index in [1.54, 1.807) is 13.4 Å². The van der Waals surface area contributed by atoms with Crippen molar-refractivity contribution < 1.29 is 9.26 Å². The summed E-state index contributed by atoms with van der Waals surface area (Å²) in [7, 11) is 1.68. The third kappa shape index (κ3) is 3.59. The van der Waals surface area contributed by atoms with Crippen LogP contribution in [0.2, 0.25) is 0 Å². The minimum atomic E-state index is -0.0328. The van der Waals surface area contributed by atoms with Crippen molar-refractivity contribution in [1.82, 2.24) is 25.0 Å². The second-order valence-corrected chi connectivity index (χ2v) is 7.62. The molecule has 0 saturated heterocycles. The fourth-order valence-electron chi connectivity index (χ4n) is 3.85. The zero-order chi connectivity index (χ0) is 20.5. The summed E-state index contributed by atoms with van der Waals surface area (Å²) in [5.74, 6) is 2.08. The first-order chi connectivity index (χ1) is 14.7. The Morgan fingerprint density at radius 1 is 1.13 bits per heavy atom. The fourth-order valence-corrected chi connectivity index (χ4v) is 3.85. The average molecular weight is 401 g/mol. The molecule has 5 rings (SSSR count). The number of benzene rings is 2. The van der Waals surface area contributed by atoms with E-state index in [-0.39, 0.29) is 6.04 Å². The van der Waals surface area contributed by atoms with Gasteiger partial charge in [-0.15, -0.1) is 0 Å². The molecule has 0 aliphatic carbocycles. The van der Waals surface area contributed by atoms with Gasteiger partial charge in [-0.05, 0) is 24.6 Å². The number of hydrogen-bond donors (Lipinski definition) is 1. The van der Waals surface area contributed by atoms with Crippen LogP contribution in [-0.4, -0.2) is 32.1 Å². The number of hydrogen-bond acceptors (Lipinski definition) is 6. The monoisotopic (exact) mass is 401 g/mol. The number of aromatic nitrogens is 4. The van der Waals surface area contributed by atoms with Crippen LogP contribution in [0.5, 0.6) is 5.75 Å². The number of H-pyrrole nitrogens is 1. The number of fused-ring (bicyclic) bond motifs is 1. The lowest BCUT2D eigenvalue weighted by Gasteiger charge is -2.32. The van der Waals surface area contributed by atoms with Gasteiger partial charge in [0.1, 0.15) is 5.75 Å². The lowest BCUT2D eigenvalue weighted by molar-refractivity contribution is 0.128. The SMILES string of the molecule is COc1ccc(CN2Cc3[nH]cnc3C[C@H]2c2nc(-c3ccc(C)cc3)no2)cc1. The number of aryl methyl sites for hydroxylation is 1. The largest absolute Gasteiger partial charge is 0.497 e. The Morgan fingerprint density at radius 3 is 2.70 bits per heavy atom. The van der Waals surface area contributed by atoms with Crippen LogP contribution in [-0.2, 0) is 19.5 Å². The predicted molar refractivity (Wildman–Crippen MR) is 112 cm³/mol. The van der Waals surface area contributed by atoms with Gasteiger partial charge in [0.2, 0.25) is 11.7 Å². The number of rotatable bonds is 5. The molecule has 4 aromatic rings. The molecule has 0 amide bonds. The highest BCUT2D eigenvalue weighted by molar-refractivity contribution is 5.54. The van der Waals surface area contributed by atoms with Crippen molar-refractivity contribution in [3.8, 4) is 17.1 Å². The molecule has 7 nitrogen and oxygen atoms in total. The minimum absolute atomic E-state index is 0.0328. The Kier molecular flexibility index (Phi) is 4.80. The van der Waals surface area contributed by atoms with E-state index in [4.69, 9.17) is 14.2 Å². The van der Waals surface area contributed by atoms with Crippen molar-refractivity contribution in [3.05, 3.63) is 83.3 Å². The van der Waals surface area contributed by atoms with E-state index in [9.17, 15) is 0 Å². The van der Waals surface area contributed by atoms with Gasteiger partial charge in [0.05, 0.1) is 30.9 Å². The van der Waals surface area contributed by atoms with E-state index in [0.29, 0.717) is 11.7 Å². The quantitative estimate of drug-likeness (QED) is 0.543. The molecule has 1 N–H and O–H groups in total. The Bertz CT molecular complexity index is 1130. The normalized spacial score (nSPS) is 16.4. The Hall–Kier alpha value is -3.45. The van der Waals surface area contributed by atoms with Gasteiger partial charge in [-0.3, -0.25) is 4.90 Å². The van der Waals surface area contributed by atoms with Crippen LogP contribution in [0.4, 0.5) is 0 Å². The van der Waals surface area contributed by atoms with E-state index >= 15 is 0 Å². The molecule has 30 heavy (non-hydrogen) atoms. The van der Waals surface area contributed by atoms with Gasteiger partial charge >= 0.3 is 0 Å². The summed E-state index contributed by atoms with van der Waals surface area (Å²) >= 11 is 0. The summed E-state index contributed by atoms with van der Waals surface area (Å²) in [6.45, 7) is 3.57. The molecule has 3 heterocycles. The molecule has 1 aliphatic rings. The molecule has 0 fully saturated rings. The van der Waals surface area contributed by atoms with Crippen molar-refractivity contribution in [2.24, 2.45) is 0 Å². The third-order valence-electron chi connectivity index (χ3n) is 5.58. The van der Waals surface area contributed by atoms with Crippen molar-refractivity contribution in [2.75, 3.05) is 7.11 Å². The zero-order valence-electron chi connectivity index (χ0n) is 17.0. The molecular formula is C23H23N5O2. The number of ether oxygens (including phenoxy) is 1. The number of nitrogens with zero attached hydrogens (tertiary/aromatic N) is 4. The molecule has 152 valence electrons. The van der Waals surface area contributed by atoms with E-state index in [0.717, 1.165) is 42.2 Å². The smallest absolute Gasteiger partial charge is 0.244 e. The molecule has 0 unspecified atom stereocenters. The maximum Gasteiger partial charge on any atom is 0.244 e. The summed E-state index contributed by atoms with van der Waals surface area (Å²) < 4.78 is 11.0. The Morgan fingerprint density at radius 2 is 1.93 bits per heavy atom. The van der Waals surface area contributed by atoms with E-state index in [1.165, 1.54) is 11.1 Å². The average Bonchev–Trinajstić information content (AvgIpc) is 3.43. The summed E-state index contributed by atoms with van der Waals surface area (Å²) in [4.78, 5) is 14.8. The highest BCUT2D eigenvalue weighted by atomic mass is 16.5. The van der Waals surface area contributed by atoms with E-state index < -0.39 is 0 Å². The van der Waals surface area contributed by atoms with Gasteiger partial charge in [-0.1, -0.05) is 47.1 Å². The van der Waals surface area contributed by atoms with Crippen molar-refractivity contribution in [1.29, 1.82) is 0 Å². The topological polar surface area (TPSA) is 80.1 Å². The molecule has 0 spiro atoms. The molecule has 2 aromatic heterocycles. The summed E-state index contributed by atoms with van der Waals surface area (Å²) in [5.41, 5.74) is 5.54. The van der Waals surface area contributed by atoms with Gasteiger partial charge in [-0.2, -0.15) is 4.98 Å². The standard InChI is InChI=1S/C23H23N5O2/c1-15-3-7-17(8-4-15)22-26-23(30-27-22)21-11-19-20(25-14-24-19)13-28(21)12-16-5-9-18(29-2)10-6-16/h3-10,14,21H,11-13H2,1-2H3,(H,24,25)/t21-/m0/s1. The number of imidazole rings is 1. The molecule has 1 aliphatic heterocycles. The second kappa shape index (κ2) is 7.76. The maximum absolute atomic E-state index is 5.72.